The molecule has 0 fully saturated rings. The minimum absolute atomic E-state index is 0.117. The number of anilines is 2. The monoisotopic (exact) mass is 939 g/mol. The van der Waals surface area contributed by atoms with E-state index in [2.05, 4.69) is 58.4 Å². The largest absolute Gasteiger partial charge is 0.491 e. The van der Waals surface area contributed by atoms with E-state index in [1.165, 1.54) is 24.5 Å². The Morgan fingerprint density at radius 2 is 1.78 bits per heavy atom. The third-order valence-corrected chi connectivity index (χ3v) is 15.4. The summed E-state index contributed by atoms with van der Waals surface area (Å²) in [6.45, 7) is 15.0. The smallest absolute Gasteiger partial charge is 0.357 e. The molecule has 0 amide bonds. The number of thiazole rings is 2. The Kier molecular flexibility index (Phi) is 18.6. The third kappa shape index (κ3) is 14.6. The summed E-state index contributed by atoms with van der Waals surface area (Å²) in [5.41, 5.74) is 2.49. The highest BCUT2D eigenvalue weighted by molar-refractivity contribution is 7.53. The van der Waals surface area contributed by atoms with Crippen LogP contribution in [0.3, 0.4) is 0 Å². The van der Waals surface area contributed by atoms with Gasteiger partial charge in [-0.15, -0.1) is 21.5 Å². The van der Waals surface area contributed by atoms with E-state index in [-0.39, 0.29) is 37.4 Å². The number of carbonyl (C=O) groups excluding carboxylic acids is 1. The molecule has 0 spiro atoms. The summed E-state index contributed by atoms with van der Waals surface area (Å²) in [6.07, 6.45) is 1.38. The van der Waals surface area contributed by atoms with Crippen molar-refractivity contribution < 1.29 is 37.0 Å². The van der Waals surface area contributed by atoms with Gasteiger partial charge in [-0.2, -0.15) is 4.99 Å². The maximum Gasteiger partial charge on any atom is 0.357 e. The van der Waals surface area contributed by atoms with Crippen LogP contribution < -0.4 is 14.4 Å². The summed E-state index contributed by atoms with van der Waals surface area (Å²) in [5, 5.41) is 9.71. The molecule has 0 N–H and O–H groups in total. The van der Waals surface area contributed by atoms with Gasteiger partial charge in [0.25, 0.3) is 0 Å². The molecule has 340 valence electrons. The van der Waals surface area contributed by atoms with E-state index in [0.717, 1.165) is 26.6 Å². The molecule has 3 heterocycles. The number of methoxy groups -OCH3 is 1. The summed E-state index contributed by atoms with van der Waals surface area (Å²) in [6, 6.07) is 15.7. The van der Waals surface area contributed by atoms with Gasteiger partial charge in [0.1, 0.15) is 6.73 Å². The first-order valence-electron chi connectivity index (χ1n) is 21.0. The minimum Gasteiger partial charge on any atom is -0.491 e. The van der Waals surface area contributed by atoms with E-state index >= 15 is 0 Å². The molecular weight excluding hydrogens is 881 g/mol. The fourth-order valence-corrected chi connectivity index (χ4v) is 10.7. The van der Waals surface area contributed by atoms with Crippen molar-refractivity contribution in [3.8, 4) is 17.6 Å². The van der Waals surface area contributed by atoms with Crippen LogP contribution in [-0.2, 0) is 36.2 Å². The quantitative estimate of drug-likeness (QED) is 0.0202. The van der Waals surface area contributed by atoms with Gasteiger partial charge >= 0.3 is 13.6 Å². The van der Waals surface area contributed by atoms with Crippen molar-refractivity contribution in [1.29, 1.82) is 0 Å². The molecule has 0 atom stereocenters. The number of aryl methyl sites for hydroxylation is 2. The van der Waals surface area contributed by atoms with E-state index in [4.69, 9.17) is 33.2 Å². The van der Waals surface area contributed by atoms with Crippen LogP contribution in [0.5, 0.6) is 5.75 Å². The van der Waals surface area contributed by atoms with Gasteiger partial charge in [0, 0.05) is 31.7 Å². The second-order valence-corrected chi connectivity index (χ2v) is 25.9. The predicted octanol–water partition coefficient (Wildman–Crippen LogP) is 9.45. The van der Waals surface area contributed by atoms with E-state index in [1.54, 1.807) is 37.3 Å². The highest BCUT2D eigenvalue weighted by atomic mass is 32.1. The zero-order chi connectivity index (χ0) is 45.6. The summed E-state index contributed by atoms with van der Waals surface area (Å²) in [5.74, 6) is 5.87. The molecule has 0 bridgehead atoms. The van der Waals surface area contributed by atoms with Crippen LogP contribution >= 0.6 is 30.3 Å². The maximum absolute atomic E-state index is 14.9. The number of aromatic nitrogens is 4. The van der Waals surface area contributed by atoms with Crippen LogP contribution in [0.15, 0.2) is 53.5 Å². The number of para-hydroxylation sites is 1. The Bertz CT molecular complexity index is 2490. The summed E-state index contributed by atoms with van der Waals surface area (Å²) in [4.78, 5) is 28.0. The zero-order valence-electron chi connectivity index (χ0n) is 37.7. The molecule has 0 saturated carbocycles. The number of carbonyl (C=O) groups is 1. The molecule has 63 heavy (non-hydrogen) atoms. The predicted molar refractivity (Wildman–Crippen MR) is 252 cm³/mol. The second-order valence-electron chi connectivity index (χ2n) is 16.0. The fraction of sp³-hybridized carbons (Fsp3) is 0.477. The third-order valence-electron chi connectivity index (χ3n) is 9.36. The van der Waals surface area contributed by atoms with Crippen LogP contribution in [0.1, 0.15) is 53.2 Å². The molecule has 0 aliphatic heterocycles. The van der Waals surface area contributed by atoms with Gasteiger partial charge in [0.15, 0.2) is 38.8 Å². The van der Waals surface area contributed by atoms with Gasteiger partial charge in [-0.05, 0) is 102 Å². The first-order valence-corrected chi connectivity index (χ1v) is 28.0. The Balaban J connectivity index is 1.42. The number of ether oxygens (including phenoxy) is 3. The van der Waals surface area contributed by atoms with Crippen molar-refractivity contribution in [1.82, 2.24) is 24.6 Å². The van der Waals surface area contributed by atoms with Gasteiger partial charge in [-0.1, -0.05) is 55.0 Å². The number of benzene rings is 2. The van der Waals surface area contributed by atoms with Gasteiger partial charge < -0.3 is 28.2 Å². The SMILES string of the molecule is CCOP(=O)(CCCN(c1cc(C)c(/N=c2\sc3ccccc3n2COCC[Si](C)(C)C)nn1)c1nc(C(=O)OC)c(CCCOc2ccc(C#CCN(C)C)cc2F)s1)OCC. The van der Waals surface area contributed by atoms with Crippen LogP contribution in [0, 0.1) is 24.6 Å². The van der Waals surface area contributed by atoms with Crippen LogP contribution in [0.2, 0.25) is 25.7 Å². The first kappa shape index (κ1) is 49.7. The van der Waals surface area contributed by atoms with E-state index in [0.29, 0.717) is 72.9 Å². The molecule has 2 aromatic carbocycles. The highest BCUT2D eigenvalue weighted by Gasteiger charge is 2.27. The topological polar surface area (TPSA) is 143 Å². The van der Waals surface area contributed by atoms with Gasteiger partial charge in [0.2, 0.25) is 0 Å². The zero-order valence-corrected chi connectivity index (χ0v) is 41.3. The lowest BCUT2D eigenvalue weighted by Crippen LogP contribution is -2.23. The molecule has 0 unspecified atom stereocenters. The molecule has 5 aromatic rings. The molecule has 5 rings (SSSR count). The second kappa shape index (κ2) is 23.6. The van der Waals surface area contributed by atoms with Crippen LogP contribution in [0.4, 0.5) is 21.2 Å². The highest BCUT2D eigenvalue weighted by Crippen LogP contribution is 2.48. The number of nitrogens with zero attached hydrogens (tertiary/aromatic N) is 7. The summed E-state index contributed by atoms with van der Waals surface area (Å²) in [7, 11) is 0.504. The van der Waals surface area contributed by atoms with Crippen molar-refractivity contribution in [2.75, 3.05) is 71.8 Å². The Hall–Kier alpha value is -4.31. The average molecular weight is 940 g/mol. The van der Waals surface area contributed by atoms with Crippen LogP contribution in [0.25, 0.3) is 10.2 Å². The molecule has 0 aliphatic rings. The minimum atomic E-state index is -3.36. The van der Waals surface area contributed by atoms with Crippen LogP contribution in [-0.4, -0.2) is 106 Å². The summed E-state index contributed by atoms with van der Waals surface area (Å²) < 4.78 is 59.8. The molecular formula is C44H59FN7O7PS2Si. The molecule has 0 radical (unpaired) electrons. The molecule has 19 heteroatoms. The number of rotatable bonds is 23. The van der Waals surface area contributed by atoms with E-state index < -0.39 is 27.5 Å². The van der Waals surface area contributed by atoms with Gasteiger partial charge in [-0.3, -0.25) is 14.0 Å². The number of hydrogen-bond acceptors (Lipinski definition) is 15. The number of hydrogen-bond donors (Lipinski definition) is 0. The van der Waals surface area contributed by atoms with Crippen molar-refractivity contribution in [2.45, 2.75) is 72.4 Å². The average Bonchev–Trinajstić information content (AvgIpc) is 3.81. The van der Waals surface area contributed by atoms with Gasteiger partial charge in [-0.25, -0.2) is 14.2 Å². The van der Waals surface area contributed by atoms with Crippen molar-refractivity contribution in [3.63, 3.8) is 0 Å². The van der Waals surface area contributed by atoms with Crippen molar-refractivity contribution >= 4 is 71.3 Å². The summed E-state index contributed by atoms with van der Waals surface area (Å²) >= 11 is 2.85. The normalized spacial score (nSPS) is 12.2. The van der Waals surface area contributed by atoms with E-state index in [9.17, 15) is 13.8 Å². The van der Waals surface area contributed by atoms with Gasteiger partial charge in [0.05, 0.1) is 49.9 Å². The number of halogens is 1. The maximum atomic E-state index is 14.9. The standard InChI is InChI=1S/C44H59FN7O7PS2Si/c1-10-58-60(54,59-11-2)27-16-24-51(39-29-32(3)41(49-48-39)47-44-52(31-56-26-28-63(7,8)9)35-18-12-13-19-37(35)61-44)43-46-40(42(53)55-6)38(62-43)20-15-25-57-36-22-21-33(30-34(36)45)17-14-23-50(4)5/h12-13,18-19,21-22,29-30H,10-11,15-16,20,23-28,31H2,1-9H3/b47-44-. The van der Waals surface area contributed by atoms with Crippen molar-refractivity contribution in [2.24, 2.45) is 4.99 Å². The Morgan fingerprint density at radius 3 is 2.46 bits per heavy atom. The fourth-order valence-electron chi connectivity index (χ4n) is 6.14. The Morgan fingerprint density at radius 1 is 1.02 bits per heavy atom. The van der Waals surface area contributed by atoms with Crippen molar-refractivity contribution in [3.05, 3.63) is 80.8 Å². The lowest BCUT2D eigenvalue weighted by atomic mass is 10.2. The lowest BCUT2D eigenvalue weighted by Gasteiger charge is -2.22. The molecule has 3 aromatic heterocycles. The molecule has 14 nitrogen and oxygen atoms in total. The molecule has 0 aliphatic carbocycles. The van der Waals surface area contributed by atoms with E-state index in [1.807, 2.05) is 49.0 Å². The first-order chi connectivity index (χ1) is 30.1. The molecule has 0 saturated heterocycles. The lowest BCUT2D eigenvalue weighted by molar-refractivity contribution is 0.0593. The number of esters is 1. The number of fused-ring (bicyclic) bond motifs is 1. The Labute approximate surface area is 379 Å².